The highest BCUT2D eigenvalue weighted by Gasteiger charge is 2.11. The molecule has 0 atom stereocenters. The molecule has 0 amide bonds. The third kappa shape index (κ3) is 2.03. The van der Waals surface area contributed by atoms with Crippen molar-refractivity contribution >= 4 is 17.7 Å². The molecular formula is C11H16N4O. The van der Waals surface area contributed by atoms with Crippen LogP contribution in [0.1, 0.15) is 0 Å². The van der Waals surface area contributed by atoms with Gasteiger partial charge in [-0.3, -0.25) is 5.01 Å². The number of nitrogens with zero attached hydrogens (tertiary/aromatic N) is 3. The number of hydrogen-bond acceptors (Lipinski definition) is 5. The zero-order chi connectivity index (χ0) is 11.5. The Kier molecular flexibility index (Phi) is 2.85. The highest BCUT2D eigenvalue weighted by atomic mass is 16.5. The monoisotopic (exact) mass is 220 g/mol. The van der Waals surface area contributed by atoms with Gasteiger partial charge in [0.25, 0.3) is 0 Å². The number of hydrogen-bond donors (Lipinski definition) is 1. The number of methoxy groups -OCH3 is 1. The van der Waals surface area contributed by atoms with Gasteiger partial charge in [-0.25, -0.2) is 0 Å². The average molecular weight is 220 g/mol. The molecule has 1 aliphatic heterocycles. The lowest BCUT2D eigenvalue weighted by Crippen LogP contribution is -2.35. The van der Waals surface area contributed by atoms with Gasteiger partial charge in [0.05, 0.1) is 19.3 Å². The quantitative estimate of drug-likeness (QED) is 0.755. The summed E-state index contributed by atoms with van der Waals surface area (Å²) in [4.78, 5) is 2.07. The number of hydrazone groups is 1. The Morgan fingerprint density at radius 1 is 1.38 bits per heavy atom. The van der Waals surface area contributed by atoms with Crippen LogP contribution in [0, 0.1) is 0 Å². The van der Waals surface area contributed by atoms with Gasteiger partial charge >= 0.3 is 0 Å². The minimum atomic E-state index is 0.650. The van der Waals surface area contributed by atoms with E-state index >= 15 is 0 Å². The predicted molar refractivity (Wildman–Crippen MR) is 65.9 cm³/mol. The standard InChI is InChI=1S/C11H16N4O/c1-14-5-6-15(8-13-14)9-3-4-10(12)11(7-9)16-2/h3-4,7-8H,5-6,12H2,1-2H3. The van der Waals surface area contributed by atoms with Crippen LogP contribution in [0.5, 0.6) is 5.75 Å². The normalized spacial score (nSPS) is 15.4. The maximum absolute atomic E-state index is 5.77. The Bertz CT molecular complexity index is 405. The van der Waals surface area contributed by atoms with E-state index in [4.69, 9.17) is 10.5 Å². The van der Waals surface area contributed by atoms with Crippen molar-refractivity contribution in [3.63, 3.8) is 0 Å². The minimum absolute atomic E-state index is 0.650. The fourth-order valence-corrected chi connectivity index (χ4v) is 1.59. The van der Waals surface area contributed by atoms with Crippen LogP contribution in [0.25, 0.3) is 0 Å². The summed E-state index contributed by atoms with van der Waals surface area (Å²) in [5.74, 6) is 0.699. The lowest BCUT2D eigenvalue weighted by Gasteiger charge is -2.27. The zero-order valence-electron chi connectivity index (χ0n) is 9.55. The minimum Gasteiger partial charge on any atom is -0.495 e. The summed E-state index contributed by atoms with van der Waals surface area (Å²) in [5, 5.41) is 6.14. The number of nitrogen functional groups attached to an aromatic ring is 1. The van der Waals surface area contributed by atoms with Crippen LogP contribution in [-0.4, -0.2) is 38.6 Å². The Labute approximate surface area is 95.1 Å². The van der Waals surface area contributed by atoms with Crippen molar-refractivity contribution in [3.05, 3.63) is 18.2 Å². The molecule has 5 heteroatoms. The topological polar surface area (TPSA) is 54.1 Å². The molecule has 0 unspecified atom stereocenters. The first-order valence-electron chi connectivity index (χ1n) is 5.16. The smallest absolute Gasteiger partial charge is 0.143 e. The molecule has 0 fully saturated rings. The van der Waals surface area contributed by atoms with E-state index in [2.05, 4.69) is 10.0 Å². The molecule has 1 aromatic rings. The van der Waals surface area contributed by atoms with Gasteiger partial charge in [-0.05, 0) is 12.1 Å². The molecule has 0 saturated heterocycles. The van der Waals surface area contributed by atoms with Crippen LogP contribution >= 0.6 is 0 Å². The Hall–Kier alpha value is -1.91. The van der Waals surface area contributed by atoms with Gasteiger partial charge in [0.15, 0.2) is 0 Å². The van der Waals surface area contributed by atoms with Gasteiger partial charge in [-0.15, -0.1) is 0 Å². The summed E-state index contributed by atoms with van der Waals surface area (Å²) in [5.41, 5.74) is 7.46. The molecule has 2 N–H and O–H groups in total. The van der Waals surface area contributed by atoms with E-state index in [-0.39, 0.29) is 0 Å². The van der Waals surface area contributed by atoms with Crippen molar-refractivity contribution in [2.45, 2.75) is 0 Å². The molecule has 86 valence electrons. The molecule has 2 rings (SSSR count). The van der Waals surface area contributed by atoms with E-state index in [1.54, 1.807) is 7.11 Å². The molecule has 1 heterocycles. The molecule has 0 spiro atoms. The van der Waals surface area contributed by atoms with E-state index in [9.17, 15) is 0 Å². The lowest BCUT2D eigenvalue weighted by atomic mass is 10.2. The third-order valence-electron chi connectivity index (χ3n) is 2.60. The number of anilines is 2. The Morgan fingerprint density at radius 3 is 2.81 bits per heavy atom. The Balaban J connectivity index is 2.24. The average Bonchev–Trinajstić information content (AvgIpc) is 2.31. The molecule has 0 saturated carbocycles. The zero-order valence-corrected chi connectivity index (χ0v) is 9.55. The first-order valence-corrected chi connectivity index (χ1v) is 5.16. The second kappa shape index (κ2) is 4.30. The van der Waals surface area contributed by atoms with Gasteiger partial charge < -0.3 is 15.4 Å². The molecular weight excluding hydrogens is 204 g/mol. The van der Waals surface area contributed by atoms with Crippen molar-refractivity contribution in [1.29, 1.82) is 0 Å². The van der Waals surface area contributed by atoms with E-state index in [0.29, 0.717) is 11.4 Å². The first-order chi connectivity index (χ1) is 7.70. The fraction of sp³-hybridized carbons (Fsp3) is 0.364. The summed E-state index contributed by atoms with van der Waals surface area (Å²) in [6.07, 6.45) is 1.81. The first kappa shape index (κ1) is 10.6. The number of benzene rings is 1. The second-order valence-corrected chi connectivity index (χ2v) is 3.73. The van der Waals surface area contributed by atoms with Gasteiger partial charge in [0, 0.05) is 25.3 Å². The van der Waals surface area contributed by atoms with Crippen LogP contribution in [-0.2, 0) is 0 Å². The van der Waals surface area contributed by atoms with Gasteiger partial charge in [0.1, 0.15) is 12.1 Å². The van der Waals surface area contributed by atoms with Crippen LogP contribution in [0.3, 0.4) is 0 Å². The molecule has 0 bridgehead atoms. The van der Waals surface area contributed by atoms with E-state index in [1.165, 1.54) is 0 Å². The van der Waals surface area contributed by atoms with Gasteiger partial charge in [-0.2, -0.15) is 5.10 Å². The third-order valence-corrected chi connectivity index (χ3v) is 2.60. The molecule has 16 heavy (non-hydrogen) atoms. The highest BCUT2D eigenvalue weighted by Crippen LogP contribution is 2.27. The molecule has 0 aliphatic carbocycles. The molecule has 1 aliphatic rings. The van der Waals surface area contributed by atoms with Crippen LogP contribution in [0.2, 0.25) is 0 Å². The molecule has 0 aromatic heterocycles. The maximum atomic E-state index is 5.77. The maximum Gasteiger partial charge on any atom is 0.143 e. The van der Waals surface area contributed by atoms with Crippen LogP contribution in [0.4, 0.5) is 11.4 Å². The SMILES string of the molecule is COc1cc(N2C=NN(C)CC2)ccc1N. The summed E-state index contributed by atoms with van der Waals surface area (Å²) in [6.45, 7) is 1.82. The summed E-state index contributed by atoms with van der Waals surface area (Å²) in [6, 6.07) is 5.74. The molecule has 0 radical (unpaired) electrons. The Morgan fingerprint density at radius 2 is 2.19 bits per heavy atom. The van der Waals surface area contributed by atoms with Crippen molar-refractivity contribution in [2.24, 2.45) is 5.10 Å². The summed E-state index contributed by atoms with van der Waals surface area (Å²) >= 11 is 0. The largest absolute Gasteiger partial charge is 0.495 e. The number of likely N-dealkylation sites (N-methyl/N-ethyl adjacent to an activating group) is 1. The number of nitrogens with two attached hydrogens (primary N) is 1. The fourth-order valence-electron chi connectivity index (χ4n) is 1.59. The van der Waals surface area contributed by atoms with Crippen molar-refractivity contribution in [1.82, 2.24) is 5.01 Å². The predicted octanol–water partition coefficient (Wildman–Crippen LogP) is 0.972. The van der Waals surface area contributed by atoms with Crippen molar-refractivity contribution in [2.75, 3.05) is 37.9 Å². The van der Waals surface area contributed by atoms with Crippen molar-refractivity contribution in [3.8, 4) is 5.75 Å². The second-order valence-electron chi connectivity index (χ2n) is 3.73. The molecule has 5 nitrogen and oxygen atoms in total. The van der Waals surface area contributed by atoms with E-state index in [1.807, 2.05) is 36.6 Å². The van der Waals surface area contributed by atoms with Gasteiger partial charge in [-0.1, -0.05) is 0 Å². The summed E-state index contributed by atoms with van der Waals surface area (Å²) in [7, 11) is 3.57. The number of ether oxygens (including phenoxy) is 1. The summed E-state index contributed by atoms with van der Waals surface area (Å²) < 4.78 is 5.19. The number of rotatable bonds is 2. The highest BCUT2D eigenvalue weighted by molar-refractivity contribution is 5.81. The van der Waals surface area contributed by atoms with Crippen LogP contribution < -0.4 is 15.4 Å². The van der Waals surface area contributed by atoms with Crippen LogP contribution in [0.15, 0.2) is 23.3 Å². The van der Waals surface area contributed by atoms with E-state index in [0.717, 1.165) is 18.8 Å². The molecule has 1 aromatic carbocycles. The lowest BCUT2D eigenvalue weighted by molar-refractivity contribution is 0.353. The van der Waals surface area contributed by atoms with Crippen molar-refractivity contribution < 1.29 is 4.74 Å². The van der Waals surface area contributed by atoms with E-state index < -0.39 is 0 Å². The van der Waals surface area contributed by atoms with Gasteiger partial charge in [0.2, 0.25) is 0 Å².